The fourth-order valence-electron chi connectivity index (χ4n) is 3.60. The molecule has 0 unspecified atom stereocenters. The van der Waals surface area contributed by atoms with E-state index in [-0.39, 0.29) is 12.4 Å². The van der Waals surface area contributed by atoms with Crippen molar-refractivity contribution >= 4 is 18.1 Å². The molecule has 9 heteroatoms. The van der Waals surface area contributed by atoms with Crippen LogP contribution in [0, 0.1) is 0 Å². The second-order valence-corrected chi connectivity index (χ2v) is 7.09. The predicted molar refractivity (Wildman–Crippen MR) is 113 cm³/mol. The largest absolute Gasteiger partial charge is 0.416 e. The van der Waals surface area contributed by atoms with E-state index in [1.54, 1.807) is 12.3 Å². The third kappa shape index (κ3) is 5.12. The molecular weight excluding hydrogens is 415 g/mol. The van der Waals surface area contributed by atoms with Crippen molar-refractivity contribution in [1.82, 2.24) is 19.9 Å². The van der Waals surface area contributed by atoms with Gasteiger partial charge in [0.25, 0.3) is 0 Å². The van der Waals surface area contributed by atoms with Gasteiger partial charge in [0, 0.05) is 44.0 Å². The van der Waals surface area contributed by atoms with Crippen molar-refractivity contribution in [3.63, 3.8) is 0 Å². The van der Waals surface area contributed by atoms with E-state index in [0.29, 0.717) is 25.3 Å². The van der Waals surface area contributed by atoms with Gasteiger partial charge in [0.1, 0.15) is 0 Å². The number of rotatable bonds is 5. The van der Waals surface area contributed by atoms with Gasteiger partial charge in [-0.1, -0.05) is 41.6 Å². The Morgan fingerprint density at radius 3 is 2.30 bits per heavy atom. The van der Waals surface area contributed by atoms with Crippen LogP contribution in [-0.2, 0) is 12.7 Å². The third-order valence-corrected chi connectivity index (χ3v) is 5.23. The first-order valence-electron chi connectivity index (χ1n) is 9.59. The Balaban J connectivity index is 0.00000256. The first-order valence-corrected chi connectivity index (χ1v) is 9.59. The zero-order chi connectivity index (χ0) is 20.3. The molecule has 0 spiro atoms. The molecule has 1 fully saturated rings. The number of nitrogens with zero attached hydrogens (tertiary/aromatic N) is 5. The van der Waals surface area contributed by atoms with Crippen LogP contribution in [0.3, 0.4) is 0 Å². The van der Waals surface area contributed by atoms with Crippen molar-refractivity contribution in [3.05, 3.63) is 66.4 Å². The monoisotopic (exact) mass is 437 g/mol. The first-order chi connectivity index (χ1) is 14.0. The van der Waals surface area contributed by atoms with Crippen LogP contribution in [-0.4, -0.2) is 52.6 Å². The van der Waals surface area contributed by atoms with Crippen molar-refractivity contribution in [2.75, 3.05) is 37.6 Å². The predicted octanol–water partition coefficient (Wildman–Crippen LogP) is 4.21. The molecule has 1 saturated heterocycles. The summed E-state index contributed by atoms with van der Waals surface area (Å²) >= 11 is 0. The molecular formula is C21H23ClF3N5. The molecule has 0 saturated carbocycles. The third-order valence-electron chi connectivity index (χ3n) is 5.23. The normalized spacial score (nSPS) is 15.1. The molecule has 2 heterocycles. The summed E-state index contributed by atoms with van der Waals surface area (Å²) in [5, 5.41) is 8.23. The topological polar surface area (TPSA) is 37.2 Å². The standard InChI is InChI=1S/C21H22F3N5.ClH/c22-21(23,24)18-7-4-8-19(15-18)28-12-9-27(10-13-28)11-14-29-20(16-25-26-29)17-5-2-1-3-6-17;/h1-8,15-16H,9-14H2;1H. The van der Waals surface area contributed by atoms with E-state index >= 15 is 0 Å². The van der Waals surface area contributed by atoms with Crippen LogP contribution in [0.1, 0.15) is 5.56 Å². The minimum Gasteiger partial charge on any atom is -0.369 e. The highest BCUT2D eigenvalue weighted by Crippen LogP contribution is 2.31. The second-order valence-electron chi connectivity index (χ2n) is 7.09. The number of piperazine rings is 1. The van der Waals surface area contributed by atoms with E-state index in [0.717, 1.165) is 37.0 Å². The van der Waals surface area contributed by atoms with Crippen LogP contribution in [0.25, 0.3) is 11.3 Å². The van der Waals surface area contributed by atoms with Crippen LogP contribution < -0.4 is 4.90 Å². The van der Waals surface area contributed by atoms with Crippen LogP contribution >= 0.6 is 12.4 Å². The summed E-state index contributed by atoms with van der Waals surface area (Å²) in [6.45, 7) is 4.53. The van der Waals surface area contributed by atoms with E-state index in [9.17, 15) is 13.2 Å². The Hall–Kier alpha value is -2.58. The highest BCUT2D eigenvalue weighted by molar-refractivity contribution is 5.85. The van der Waals surface area contributed by atoms with E-state index < -0.39 is 11.7 Å². The fraction of sp³-hybridized carbons (Fsp3) is 0.333. The molecule has 0 bridgehead atoms. The van der Waals surface area contributed by atoms with E-state index in [4.69, 9.17) is 0 Å². The van der Waals surface area contributed by atoms with Crippen LogP contribution in [0.2, 0.25) is 0 Å². The smallest absolute Gasteiger partial charge is 0.369 e. The maximum atomic E-state index is 12.9. The maximum Gasteiger partial charge on any atom is 0.416 e. The van der Waals surface area contributed by atoms with Gasteiger partial charge < -0.3 is 4.90 Å². The van der Waals surface area contributed by atoms with E-state index in [1.807, 2.05) is 39.9 Å². The number of hydrogen-bond donors (Lipinski definition) is 0. The molecule has 5 nitrogen and oxygen atoms in total. The van der Waals surface area contributed by atoms with Crippen LogP contribution in [0.15, 0.2) is 60.8 Å². The molecule has 4 rings (SSSR count). The van der Waals surface area contributed by atoms with Crippen molar-refractivity contribution in [2.24, 2.45) is 0 Å². The zero-order valence-electron chi connectivity index (χ0n) is 16.3. The van der Waals surface area contributed by atoms with Gasteiger partial charge in [0.2, 0.25) is 0 Å². The SMILES string of the molecule is Cl.FC(F)(F)c1cccc(N2CCN(CCn3nncc3-c3ccccc3)CC2)c1. The second kappa shape index (κ2) is 9.49. The Kier molecular flexibility index (Phi) is 6.99. The van der Waals surface area contributed by atoms with E-state index in [1.165, 1.54) is 12.1 Å². The van der Waals surface area contributed by atoms with Crippen molar-refractivity contribution in [1.29, 1.82) is 0 Å². The Morgan fingerprint density at radius 1 is 0.867 bits per heavy atom. The van der Waals surface area contributed by atoms with Crippen molar-refractivity contribution in [3.8, 4) is 11.3 Å². The first kappa shape index (κ1) is 22.1. The fourth-order valence-corrected chi connectivity index (χ4v) is 3.60. The molecule has 1 aromatic heterocycles. The van der Waals surface area contributed by atoms with Crippen LogP contribution in [0.4, 0.5) is 18.9 Å². The van der Waals surface area contributed by atoms with Gasteiger partial charge in [-0.05, 0) is 18.2 Å². The lowest BCUT2D eigenvalue weighted by atomic mass is 10.1. The number of benzene rings is 2. The molecule has 3 aromatic rings. The summed E-state index contributed by atoms with van der Waals surface area (Å²) in [5.41, 5.74) is 2.08. The Bertz CT molecular complexity index is 937. The quantitative estimate of drug-likeness (QED) is 0.599. The summed E-state index contributed by atoms with van der Waals surface area (Å²) in [6, 6.07) is 15.6. The maximum absolute atomic E-state index is 12.9. The highest BCUT2D eigenvalue weighted by Gasteiger charge is 2.31. The molecule has 2 aromatic carbocycles. The van der Waals surface area contributed by atoms with Crippen molar-refractivity contribution < 1.29 is 13.2 Å². The van der Waals surface area contributed by atoms with Gasteiger partial charge in [-0.2, -0.15) is 13.2 Å². The van der Waals surface area contributed by atoms with E-state index in [2.05, 4.69) is 15.2 Å². The lowest BCUT2D eigenvalue weighted by molar-refractivity contribution is -0.137. The average Bonchev–Trinajstić information content (AvgIpc) is 3.21. The molecule has 1 aliphatic rings. The molecule has 0 radical (unpaired) electrons. The summed E-state index contributed by atoms with van der Waals surface area (Å²) in [6.07, 6.45) is -2.55. The van der Waals surface area contributed by atoms with Gasteiger partial charge in [-0.25, -0.2) is 4.68 Å². The lowest BCUT2D eigenvalue weighted by Crippen LogP contribution is -2.47. The molecule has 0 atom stereocenters. The van der Waals surface area contributed by atoms with Gasteiger partial charge in [0.15, 0.2) is 0 Å². The number of hydrogen-bond acceptors (Lipinski definition) is 4. The Labute approximate surface area is 179 Å². The van der Waals surface area contributed by atoms with Gasteiger partial charge in [-0.3, -0.25) is 4.90 Å². The molecule has 0 amide bonds. The minimum absolute atomic E-state index is 0. The Morgan fingerprint density at radius 2 is 1.60 bits per heavy atom. The number of alkyl halides is 3. The number of halogens is 4. The summed E-state index contributed by atoms with van der Waals surface area (Å²) in [5.74, 6) is 0. The molecule has 160 valence electrons. The zero-order valence-corrected chi connectivity index (χ0v) is 17.1. The molecule has 0 N–H and O–H groups in total. The highest BCUT2D eigenvalue weighted by atomic mass is 35.5. The van der Waals surface area contributed by atoms with Gasteiger partial charge >= 0.3 is 6.18 Å². The lowest BCUT2D eigenvalue weighted by Gasteiger charge is -2.36. The summed E-state index contributed by atoms with van der Waals surface area (Å²) < 4.78 is 40.7. The minimum atomic E-state index is -4.31. The number of aromatic nitrogens is 3. The molecule has 1 aliphatic heterocycles. The average molecular weight is 438 g/mol. The number of anilines is 1. The molecule has 0 aliphatic carbocycles. The molecule has 30 heavy (non-hydrogen) atoms. The van der Waals surface area contributed by atoms with Gasteiger partial charge in [0.05, 0.1) is 24.0 Å². The van der Waals surface area contributed by atoms with Gasteiger partial charge in [-0.15, -0.1) is 17.5 Å². The summed E-state index contributed by atoms with van der Waals surface area (Å²) in [4.78, 5) is 4.32. The summed E-state index contributed by atoms with van der Waals surface area (Å²) in [7, 11) is 0. The van der Waals surface area contributed by atoms with Crippen molar-refractivity contribution in [2.45, 2.75) is 12.7 Å². The van der Waals surface area contributed by atoms with Crippen LogP contribution in [0.5, 0.6) is 0 Å².